The fraction of sp³-hybridized carbons (Fsp3) is 0.125. The first kappa shape index (κ1) is 14.8. The Labute approximate surface area is 135 Å². The standard InChI is InChI=1S/C16H8Cl2FNO2/c17-7-3-10-9-2-1-8(19)5-11(9)14(12(6-20)16(21)22)15(10)13(18)4-7/h1-5,12,14H,(H,21,22). The van der Waals surface area contributed by atoms with Gasteiger partial charge in [-0.3, -0.25) is 4.79 Å². The topological polar surface area (TPSA) is 61.1 Å². The van der Waals surface area contributed by atoms with Gasteiger partial charge in [0.25, 0.3) is 0 Å². The second-order valence-electron chi connectivity index (χ2n) is 5.00. The minimum atomic E-state index is -1.36. The van der Waals surface area contributed by atoms with Crippen LogP contribution < -0.4 is 0 Å². The number of nitrogens with zero attached hydrogens (tertiary/aromatic N) is 1. The van der Waals surface area contributed by atoms with Gasteiger partial charge in [0.15, 0.2) is 5.92 Å². The number of fused-ring (bicyclic) bond motifs is 3. The molecule has 1 N–H and O–H groups in total. The zero-order valence-corrected chi connectivity index (χ0v) is 12.5. The van der Waals surface area contributed by atoms with Crippen molar-refractivity contribution < 1.29 is 14.3 Å². The van der Waals surface area contributed by atoms with Crippen LogP contribution in [-0.4, -0.2) is 11.1 Å². The van der Waals surface area contributed by atoms with E-state index in [2.05, 4.69) is 0 Å². The Hall–Kier alpha value is -2.09. The van der Waals surface area contributed by atoms with E-state index < -0.39 is 23.6 Å². The van der Waals surface area contributed by atoms with Gasteiger partial charge in [-0.15, -0.1) is 0 Å². The van der Waals surface area contributed by atoms with Crippen LogP contribution in [0.1, 0.15) is 17.0 Å². The molecule has 0 spiro atoms. The monoisotopic (exact) mass is 335 g/mol. The highest BCUT2D eigenvalue weighted by Crippen LogP contribution is 2.51. The van der Waals surface area contributed by atoms with Crippen molar-refractivity contribution in [3.8, 4) is 17.2 Å². The Morgan fingerprint density at radius 3 is 2.64 bits per heavy atom. The summed E-state index contributed by atoms with van der Waals surface area (Å²) >= 11 is 12.2. The zero-order valence-electron chi connectivity index (χ0n) is 11.0. The number of nitriles is 1. The molecule has 2 atom stereocenters. The van der Waals surface area contributed by atoms with E-state index in [0.717, 1.165) is 0 Å². The number of hydrogen-bond acceptors (Lipinski definition) is 2. The summed E-state index contributed by atoms with van der Waals surface area (Å²) in [6.45, 7) is 0. The van der Waals surface area contributed by atoms with Crippen LogP contribution in [0.2, 0.25) is 10.0 Å². The maximum Gasteiger partial charge on any atom is 0.321 e. The van der Waals surface area contributed by atoms with Gasteiger partial charge in [0.1, 0.15) is 5.82 Å². The number of benzene rings is 2. The van der Waals surface area contributed by atoms with Crippen molar-refractivity contribution in [2.45, 2.75) is 5.92 Å². The second-order valence-corrected chi connectivity index (χ2v) is 5.85. The fourth-order valence-electron chi connectivity index (χ4n) is 2.93. The van der Waals surface area contributed by atoms with E-state index in [4.69, 9.17) is 23.2 Å². The van der Waals surface area contributed by atoms with Crippen LogP contribution in [0.25, 0.3) is 11.1 Å². The summed E-state index contributed by atoms with van der Waals surface area (Å²) in [6, 6.07) is 8.99. The summed E-state index contributed by atoms with van der Waals surface area (Å²) in [5, 5.41) is 19.2. The molecule has 2 aromatic rings. The van der Waals surface area contributed by atoms with E-state index in [1.165, 1.54) is 18.2 Å². The molecule has 3 rings (SSSR count). The molecule has 0 saturated carbocycles. The lowest BCUT2D eigenvalue weighted by Crippen LogP contribution is -2.20. The van der Waals surface area contributed by atoms with Crippen LogP contribution in [0.5, 0.6) is 0 Å². The van der Waals surface area contributed by atoms with E-state index in [-0.39, 0.29) is 5.02 Å². The van der Waals surface area contributed by atoms with Crippen molar-refractivity contribution in [1.82, 2.24) is 0 Å². The predicted octanol–water partition coefficient (Wildman–Crippen LogP) is 4.47. The summed E-state index contributed by atoms with van der Waals surface area (Å²) in [5.74, 6) is -3.96. The van der Waals surface area contributed by atoms with Crippen molar-refractivity contribution in [1.29, 1.82) is 5.26 Å². The molecule has 1 aliphatic rings. The summed E-state index contributed by atoms with van der Waals surface area (Å²) in [5.41, 5.74) is 2.22. The Kier molecular flexibility index (Phi) is 3.56. The van der Waals surface area contributed by atoms with Crippen molar-refractivity contribution in [2.24, 2.45) is 5.92 Å². The molecule has 22 heavy (non-hydrogen) atoms. The second kappa shape index (κ2) is 5.28. The van der Waals surface area contributed by atoms with Gasteiger partial charge in [-0.2, -0.15) is 5.26 Å². The fourth-order valence-corrected chi connectivity index (χ4v) is 3.54. The number of hydrogen-bond donors (Lipinski definition) is 1. The molecule has 0 bridgehead atoms. The van der Waals surface area contributed by atoms with Crippen LogP contribution in [-0.2, 0) is 4.79 Å². The van der Waals surface area contributed by atoms with E-state index in [9.17, 15) is 19.6 Å². The maximum atomic E-state index is 13.6. The van der Waals surface area contributed by atoms with E-state index in [1.54, 1.807) is 18.2 Å². The van der Waals surface area contributed by atoms with Crippen LogP contribution >= 0.6 is 23.2 Å². The number of halogens is 3. The highest BCUT2D eigenvalue weighted by atomic mass is 35.5. The predicted molar refractivity (Wildman–Crippen MR) is 80.4 cm³/mol. The highest BCUT2D eigenvalue weighted by molar-refractivity contribution is 6.36. The van der Waals surface area contributed by atoms with Gasteiger partial charge in [0.05, 0.1) is 6.07 Å². The first-order chi connectivity index (χ1) is 10.4. The summed E-state index contributed by atoms with van der Waals surface area (Å²) in [7, 11) is 0. The lowest BCUT2D eigenvalue weighted by atomic mass is 9.85. The molecule has 2 unspecified atom stereocenters. The van der Waals surface area contributed by atoms with Crippen molar-refractivity contribution in [3.63, 3.8) is 0 Å². The lowest BCUT2D eigenvalue weighted by Gasteiger charge is -2.17. The van der Waals surface area contributed by atoms with Gasteiger partial charge in [-0.1, -0.05) is 29.3 Å². The van der Waals surface area contributed by atoms with Gasteiger partial charge in [-0.25, -0.2) is 4.39 Å². The summed E-state index contributed by atoms with van der Waals surface area (Å²) in [6.07, 6.45) is 0. The van der Waals surface area contributed by atoms with Crippen molar-refractivity contribution in [3.05, 3.63) is 57.3 Å². The molecule has 0 heterocycles. The third-order valence-electron chi connectivity index (χ3n) is 3.78. The minimum Gasteiger partial charge on any atom is -0.480 e. The summed E-state index contributed by atoms with van der Waals surface area (Å²) < 4.78 is 13.6. The average Bonchev–Trinajstić information content (AvgIpc) is 2.73. The molecule has 110 valence electrons. The van der Waals surface area contributed by atoms with Crippen LogP contribution in [0.4, 0.5) is 4.39 Å². The molecule has 0 aromatic heterocycles. The van der Waals surface area contributed by atoms with Crippen molar-refractivity contribution >= 4 is 29.2 Å². The SMILES string of the molecule is N#CC(C(=O)O)C1c2cc(F)ccc2-c2cc(Cl)cc(Cl)c21. The highest BCUT2D eigenvalue weighted by Gasteiger charge is 2.40. The Bertz CT molecular complexity index is 845. The van der Waals surface area contributed by atoms with Gasteiger partial charge in [0, 0.05) is 16.0 Å². The van der Waals surface area contributed by atoms with E-state index in [1.807, 2.05) is 0 Å². The Morgan fingerprint density at radius 2 is 2.00 bits per heavy atom. The third-order valence-corrected chi connectivity index (χ3v) is 4.31. The average molecular weight is 336 g/mol. The summed E-state index contributed by atoms with van der Waals surface area (Å²) in [4.78, 5) is 11.4. The quantitative estimate of drug-likeness (QED) is 0.880. The number of carboxylic acid groups (broad SMARTS) is 1. The van der Waals surface area contributed by atoms with Crippen LogP contribution in [0.15, 0.2) is 30.3 Å². The van der Waals surface area contributed by atoms with Gasteiger partial charge in [0.2, 0.25) is 0 Å². The maximum absolute atomic E-state index is 13.6. The molecule has 0 fully saturated rings. The zero-order chi connectivity index (χ0) is 16.0. The first-order valence-corrected chi connectivity index (χ1v) is 7.10. The molecule has 1 aliphatic carbocycles. The normalized spacial score (nSPS) is 16.5. The van der Waals surface area contributed by atoms with Gasteiger partial charge >= 0.3 is 5.97 Å². The van der Waals surface area contributed by atoms with Crippen LogP contribution in [0, 0.1) is 23.1 Å². The molecule has 0 saturated heterocycles. The smallest absolute Gasteiger partial charge is 0.321 e. The first-order valence-electron chi connectivity index (χ1n) is 6.35. The number of aliphatic carboxylic acids is 1. The molecule has 2 aromatic carbocycles. The van der Waals surface area contributed by atoms with Gasteiger partial charge < -0.3 is 5.11 Å². The molecule has 0 amide bonds. The van der Waals surface area contributed by atoms with Crippen LogP contribution in [0.3, 0.4) is 0 Å². The van der Waals surface area contributed by atoms with Gasteiger partial charge in [-0.05, 0) is 46.5 Å². The van der Waals surface area contributed by atoms with E-state index in [0.29, 0.717) is 27.3 Å². The van der Waals surface area contributed by atoms with Crippen molar-refractivity contribution in [2.75, 3.05) is 0 Å². The molecular weight excluding hydrogens is 328 g/mol. The minimum absolute atomic E-state index is 0.269. The Morgan fingerprint density at radius 1 is 1.27 bits per heavy atom. The molecular formula is C16H8Cl2FNO2. The lowest BCUT2D eigenvalue weighted by molar-refractivity contribution is -0.140. The third kappa shape index (κ3) is 2.14. The molecule has 0 aliphatic heterocycles. The number of carboxylic acids is 1. The Balaban J connectivity index is 2.35. The molecule has 6 heteroatoms. The van der Waals surface area contributed by atoms with E-state index >= 15 is 0 Å². The largest absolute Gasteiger partial charge is 0.480 e. The number of carbonyl (C=O) groups is 1. The molecule has 0 radical (unpaired) electrons. The molecule has 3 nitrogen and oxygen atoms in total. The number of rotatable bonds is 2.